The van der Waals surface area contributed by atoms with Crippen molar-refractivity contribution in [3.05, 3.63) is 34.9 Å². The third kappa shape index (κ3) is 3.46. The van der Waals surface area contributed by atoms with Crippen molar-refractivity contribution in [1.82, 2.24) is 20.9 Å². The number of hydrogen-bond acceptors (Lipinski definition) is 5. The molecule has 4 aliphatic heterocycles. The number of nitrogens with one attached hydrogen (secondary N) is 3. The average molecular weight is 396 g/mol. The predicted molar refractivity (Wildman–Crippen MR) is 107 cm³/mol. The first-order valence-electron chi connectivity index (χ1n) is 10.8. The van der Waals surface area contributed by atoms with Gasteiger partial charge < -0.3 is 15.5 Å². The van der Waals surface area contributed by atoms with E-state index in [0.717, 1.165) is 29.2 Å². The molecule has 0 spiro atoms. The second-order valence-electron chi connectivity index (χ2n) is 8.87. The minimum Gasteiger partial charge on any atom is -0.322 e. The van der Waals surface area contributed by atoms with Crippen LogP contribution in [-0.4, -0.2) is 47.3 Å². The summed E-state index contributed by atoms with van der Waals surface area (Å²) in [5.41, 5.74) is 2.68. The molecule has 3 saturated heterocycles. The van der Waals surface area contributed by atoms with Gasteiger partial charge in [-0.05, 0) is 49.1 Å². The lowest BCUT2D eigenvalue weighted by molar-refractivity contribution is -0.136. The second kappa shape index (κ2) is 7.54. The van der Waals surface area contributed by atoms with Crippen molar-refractivity contribution >= 4 is 17.7 Å². The molecule has 3 N–H and O–H groups in total. The molecule has 0 radical (unpaired) electrons. The number of carbonyl (C=O) groups excluding carboxylic acids is 3. The fourth-order valence-electron chi connectivity index (χ4n) is 5.55. The zero-order valence-electron chi connectivity index (χ0n) is 16.6. The van der Waals surface area contributed by atoms with E-state index in [-0.39, 0.29) is 24.1 Å². The first-order chi connectivity index (χ1) is 14.1. The molecule has 4 fully saturated rings. The topological polar surface area (TPSA) is 90.5 Å². The van der Waals surface area contributed by atoms with Crippen LogP contribution in [-0.2, 0) is 22.7 Å². The standard InChI is InChI=1S/C22H28N4O3/c27-19-9-8-18(21(28)25-19)26-12-15-3-1-2-14(20(15)22(26)29)10-23-11-17-13-4-6-16(24-17)7-5-13/h1-3,13,16-18,23-24H,4-12H2,(H,25,27,28). The maximum Gasteiger partial charge on any atom is 0.255 e. The van der Waals surface area contributed by atoms with Crippen LogP contribution in [0.2, 0.25) is 0 Å². The smallest absolute Gasteiger partial charge is 0.255 e. The number of nitrogens with zero attached hydrogens (tertiary/aromatic N) is 1. The first-order valence-corrected chi connectivity index (χ1v) is 10.8. The number of rotatable bonds is 5. The number of carbonyl (C=O) groups is 3. The van der Waals surface area contributed by atoms with E-state index in [1.165, 1.54) is 25.7 Å². The van der Waals surface area contributed by atoms with Crippen LogP contribution in [0.1, 0.15) is 60.0 Å². The Labute approximate surface area is 170 Å². The van der Waals surface area contributed by atoms with E-state index in [2.05, 4.69) is 16.0 Å². The summed E-state index contributed by atoms with van der Waals surface area (Å²) >= 11 is 0. The van der Waals surface area contributed by atoms with Crippen molar-refractivity contribution in [3.8, 4) is 0 Å². The van der Waals surface area contributed by atoms with E-state index in [9.17, 15) is 14.4 Å². The number of piperidine rings is 3. The molecule has 2 bridgehead atoms. The van der Waals surface area contributed by atoms with Gasteiger partial charge in [0.05, 0.1) is 0 Å². The summed E-state index contributed by atoms with van der Waals surface area (Å²) in [5.74, 6) is 0.0474. The van der Waals surface area contributed by atoms with Crippen LogP contribution in [0.5, 0.6) is 0 Å². The molecular formula is C22H28N4O3. The van der Waals surface area contributed by atoms with Crippen molar-refractivity contribution in [1.29, 1.82) is 0 Å². The first kappa shape index (κ1) is 18.8. The molecule has 1 aliphatic carbocycles. The maximum atomic E-state index is 13.1. The molecule has 29 heavy (non-hydrogen) atoms. The fourth-order valence-corrected chi connectivity index (χ4v) is 5.55. The van der Waals surface area contributed by atoms with Crippen molar-refractivity contribution in [2.24, 2.45) is 5.92 Å². The summed E-state index contributed by atoms with van der Waals surface area (Å²) in [7, 11) is 0. The maximum absolute atomic E-state index is 13.1. The Bertz CT molecular complexity index is 846. The highest BCUT2D eigenvalue weighted by Crippen LogP contribution is 2.33. The highest BCUT2D eigenvalue weighted by molar-refractivity contribution is 6.05. The van der Waals surface area contributed by atoms with Gasteiger partial charge >= 0.3 is 0 Å². The highest BCUT2D eigenvalue weighted by Gasteiger charge is 2.40. The number of hydrogen-bond donors (Lipinski definition) is 3. The van der Waals surface area contributed by atoms with E-state index in [1.807, 2.05) is 18.2 Å². The predicted octanol–water partition coefficient (Wildman–Crippen LogP) is 1.07. The van der Waals surface area contributed by atoms with Gasteiger partial charge in [0.25, 0.3) is 5.91 Å². The second-order valence-corrected chi connectivity index (χ2v) is 8.87. The van der Waals surface area contributed by atoms with Crippen LogP contribution in [0.3, 0.4) is 0 Å². The van der Waals surface area contributed by atoms with Crippen LogP contribution in [0.15, 0.2) is 18.2 Å². The summed E-state index contributed by atoms with van der Waals surface area (Å²) in [4.78, 5) is 38.4. The summed E-state index contributed by atoms with van der Waals surface area (Å²) in [6.07, 6.45) is 5.93. The molecule has 4 heterocycles. The molecule has 154 valence electrons. The Hall–Kier alpha value is -2.25. The number of benzene rings is 1. The van der Waals surface area contributed by atoms with Crippen LogP contribution in [0, 0.1) is 5.92 Å². The zero-order valence-corrected chi connectivity index (χ0v) is 16.6. The van der Waals surface area contributed by atoms with Gasteiger partial charge in [-0.25, -0.2) is 0 Å². The van der Waals surface area contributed by atoms with Crippen molar-refractivity contribution in [2.45, 2.75) is 69.7 Å². The Morgan fingerprint density at radius 1 is 1.07 bits per heavy atom. The van der Waals surface area contributed by atoms with Crippen LogP contribution in [0.4, 0.5) is 0 Å². The molecule has 5 aliphatic rings. The van der Waals surface area contributed by atoms with Gasteiger partial charge in [0, 0.05) is 43.7 Å². The van der Waals surface area contributed by atoms with Gasteiger partial charge in [-0.1, -0.05) is 18.2 Å². The van der Waals surface area contributed by atoms with Crippen LogP contribution in [0.25, 0.3) is 0 Å². The summed E-state index contributed by atoms with van der Waals surface area (Å²) < 4.78 is 0. The third-order valence-corrected chi connectivity index (χ3v) is 7.11. The summed E-state index contributed by atoms with van der Waals surface area (Å²) in [6.45, 7) is 1.99. The molecule has 7 nitrogen and oxygen atoms in total. The van der Waals surface area contributed by atoms with Gasteiger partial charge in [0.1, 0.15) is 6.04 Å². The number of imide groups is 1. The Kier molecular flexibility index (Phi) is 4.87. The van der Waals surface area contributed by atoms with Gasteiger partial charge in [-0.3, -0.25) is 19.7 Å². The number of fused-ring (bicyclic) bond motifs is 4. The lowest BCUT2D eigenvalue weighted by Gasteiger charge is -2.43. The van der Waals surface area contributed by atoms with Crippen molar-refractivity contribution in [2.75, 3.05) is 6.54 Å². The lowest BCUT2D eigenvalue weighted by atomic mass is 9.76. The van der Waals surface area contributed by atoms with Gasteiger partial charge in [0.2, 0.25) is 11.8 Å². The minimum atomic E-state index is -0.560. The molecule has 1 saturated carbocycles. The molecule has 1 aromatic rings. The van der Waals surface area contributed by atoms with Crippen molar-refractivity contribution in [3.63, 3.8) is 0 Å². The van der Waals surface area contributed by atoms with Crippen LogP contribution < -0.4 is 16.0 Å². The molecule has 0 aromatic heterocycles. The SMILES string of the molecule is O=C1CCC(N2Cc3cccc(CNCC4NC5CCC4CC5)c3C2=O)C(=O)N1. The molecule has 1 aromatic carbocycles. The quantitative estimate of drug-likeness (QED) is 0.648. The monoisotopic (exact) mass is 396 g/mol. The Balaban J connectivity index is 1.25. The Morgan fingerprint density at radius 3 is 2.62 bits per heavy atom. The van der Waals surface area contributed by atoms with E-state index in [0.29, 0.717) is 31.6 Å². The molecule has 2 atom stereocenters. The van der Waals surface area contributed by atoms with E-state index >= 15 is 0 Å². The summed E-state index contributed by atoms with van der Waals surface area (Å²) in [6, 6.07) is 6.59. The number of amides is 3. The van der Waals surface area contributed by atoms with E-state index in [1.54, 1.807) is 4.90 Å². The van der Waals surface area contributed by atoms with E-state index < -0.39 is 6.04 Å². The largest absolute Gasteiger partial charge is 0.322 e. The summed E-state index contributed by atoms with van der Waals surface area (Å²) in [5, 5.41) is 9.67. The molecule has 2 unspecified atom stereocenters. The Morgan fingerprint density at radius 2 is 1.90 bits per heavy atom. The molecule has 7 heteroatoms. The molecule has 6 rings (SSSR count). The average Bonchev–Trinajstić information content (AvgIpc) is 3.06. The molecular weight excluding hydrogens is 368 g/mol. The minimum absolute atomic E-state index is 0.0956. The highest BCUT2D eigenvalue weighted by atomic mass is 16.2. The molecule has 3 amide bonds. The zero-order chi connectivity index (χ0) is 20.0. The fraction of sp³-hybridized carbons (Fsp3) is 0.591. The van der Waals surface area contributed by atoms with Gasteiger partial charge in [0.15, 0.2) is 0 Å². The van der Waals surface area contributed by atoms with E-state index in [4.69, 9.17) is 0 Å². The van der Waals surface area contributed by atoms with Crippen molar-refractivity contribution < 1.29 is 14.4 Å². The van der Waals surface area contributed by atoms with Crippen LogP contribution >= 0.6 is 0 Å². The van der Waals surface area contributed by atoms with Gasteiger partial charge in [-0.2, -0.15) is 0 Å². The normalized spacial score (nSPS) is 31.2. The lowest BCUT2D eigenvalue weighted by Crippen LogP contribution is -2.55. The third-order valence-electron chi connectivity index (χ3n) is 7.11. The van der Waals surface area contributed by atoms with Gasteiger partial charge in [-0.15, -0.1) is 0 Å².